The van der Waals surface area contributed by atoms with Crippen LogP contribution in [-0.4, -0.2) is 16.8 Å². The zero-order chi connectivity index (χ0) is 7.98. The number of nitrogens with zero attached hydrogens (tertiary/aromatic N) is 1. The first-order valence-corrected chi connectivity index (χ1v) is 3.21. The van der Waals surface area contributed by atoms with Gasteiger partial charge in [0.05, 0.1) is 12.8 Å². The zero-order valence-corrected chi connectivity index (χ0v) is 5.99. The lowest BCUT2D eigenvalue weighted by Crippen LogP contribution is -1.75. The molecule has 0 saturated heterocycles. The van der Waals surface area contributed by atoms with Crippen molar-refractivity contribution in [2.75, 3.05) is 0 Å². The number of aliphatic hydroxyl groups excluding tert-OH is 1. The van der Waals surface area contributed by atoms with Gasteiger partial charge in [0.15, 0.2) is 5.13 Å². The highest BCUT2D eigenvalue weighted by molar-refractivity contribution is 7.09. The summed E-state index contributed by atoms with van der Waals surface area (Å²) in [6, 6.07) is 0. The molecule has 0 amide bonds. The number of hydrogen-bond donors (Lipinski definition) is 2. The second kappa shape index (κ2) is 5.01. The molecule has 0 spiro atoms. The number of aliphatic hydroxyl groups is 1. The predicted octanol–water partition coefficient (Wildman–Crippen LogP) is 1.04. The smallest absolute Gasteiger partial charge is 0.196 e. The standard InChI is InChI=1S/C4H4FNOS.CH3N/c5-3-1-6-4(2-7)8-3;1-2/h1,7H,2H2;2H,1H2. The fraction of sp³-hybridized carbons (Fsp3) is 0.200. The van der Waals surface area contributed by atoms with Gasteiger partial charge >= 0.3 is 0 Å². The van der Waals surface area contributed by atoms with Gasteiger partial charge in [-0.25, -0.2) is 4.98 Å². The van der Waals surface area contributed by atoms with E-state index < -0.39 is 0 Å². The molecule has 0 unspecified atom stereocenters. The molecule has 0 saturated carbocycles. The van der Waals surface area contributed by atoms with Gasteiger partial charge in [0.2, 0.25) is 0 Å². The van der Waals surface area contributed by atoms with Crippen LogP contribution in [0.5, 0.6) is 0 Å². The summed E-state index contributed by atoms with van der Waals surface area (Å²) in [6.45, 7) is 2.33. The van der Waals surface area contributed by atoms with E-state index in [-0.39, 0.29) is 11.7 Å². The van der Waals surface area contributed by atoms with E-state index in [9.17, 15) is 4.39 Å². The topological polar surface area (TPSA) is 57.0 Å². The second-order valence-corrected chi connectivity index (χ2v) is 2.28. The van der Waals surface area contributed by atoms with Crippen molar-refractivity contribution in [3.05, 3.63) is 16.3 Å². The van der Waals surface area contributed by atoms with Crippen LogP contribution in [0.25, 0.3) is 0 Å². The Bertz CT molecular complexity index is 192. The van der Waals surface area contributed by atoms with Crippen molar-refractivity contribution in [1.29, 1.82) is 5.41 Å². The maximum absolute atomic E-state index is 12.0. The molecular weight excluding hydrogens is 155 g/mol. The van der Waals surface area contributed by atoms with Crippen LogP contribution in [0.4, 0.5) is 4.39 Å². The number of aromatic nitrogens is 1. The van der Waals surface area contributed by atoms with Crippen LogP contribution in [0.3, 0.4) is 0 Å². The van der Waals surface area contributed by atoms with E-state index in [2.05, 4.69) is 11.7 Å². The molecule has 10 heavy (non-hydrogen) atoms. The van der Waals surface area contributed by atoms with E-state index >= 15 is 0 Å². The average molecular weight is 162 g/mol. The van der Waals surface area contributed by atoms with Crippen LogP contribution in [0.1, 0.15) is 5.01 Å². The van der Waals surface area contributed by atoms with Gasteiger partial charge in [-0.05, 0) is 6.72 Å². The van der Waals surface area contributed by atoms with Crippen molar-refractivity contribution in [2.24, 2.45) is 0 Å². The Morgan fingerprint density at radius 1 is 1.80 bits per heavy atom. The van der Waals surface area contributed by atoms with Crippen LogP contribution >= 0.6 is 11.3 Å². The fourth-order valence-corrected chi connectivity index (χ4v) is 0.862. The Balaban J connectivity index is 0.000000371. The van der Waals surface area contributed by atoms with E-state index in [1.807, 2.05) is 0 Å². The monoisotopic (exact) mass is 162 g/mol. The van der Waals surface area contributed by atoms with Gasteiger partial charge in [-0.3, -0.25) is 0 Å². The van der Waals surface area contributed by atoms with Gasteiger partial charge in [-0.2, -0.15) is 4.39 Å². The van der Waals surface area contributed by atoms with E-state index in [1.54, 1.807) is 0 Å². The summed E-state index contributed by atoms with van der Waals surface area (Å²) in [5, 5.41) is 13.9. The number of halogens is 1. The third-order valence-electron chi connectivity index (χ3n) is 0.661. The van der Waals surface area contributed by atoms with E-state index in [0.29, 0.717) is 5.01 Å². The summed E-state index contributed by atoms with van der Waals surface area (Å²) in [6.07, 6.45) is 1.09. The Morgan fingerprint density at radius 2 is 2.40 bits per heavy atom. The molecule has 1 aromatic rings. The van der Waals surface area contributed by atoms with E-state index in [4.69, 9.17) is 10.5 Å². The van der Waals surface area contributed by atoms with Crippen LogP contribution < -0.4 is 0 Å². The molecule has 0 fully saturated rings. The van der Waals surface area contributed by atoms with Crippen LogP contribution in [-0.2, 0) is 6.61 Å². The summed E-state index contributed by atoms with van der Waals surface area (Å²) in [5.74, 6) is 0. The van der Waals surface area contributed by atoms with Crippen molar-refractivity contribution < 1.29 is 9.50 Å². The largest absolute Gasteiger partial charge is 0.389 e. The molecule has 2 N–H and O–H groups in total. The highest BCUT2D eigenvalue weighted by Gasteiger charge is 1.95. The van der Waals surface area contributed by atoms with Gasteiger partial charge in [0, 0.05) is 0 Å². The molecule has 0 aromatic carbocycles. The Morgan fingerprint density at radius 3 is 2.60 bits per heavy atom. The number of hydrogen-bond acceptors (Lipinski definition) is 4. The lowest BCUT2D eigenvalue weighted by Gasteiger charge is -1.77. The third-order valence-corrected chi connectivity index (χ3v) is 1.43. The molecule has 0 atom stereocenters. The fourth-order valence-electron chi connectivity index (χ4n) is 0.361. The molecule has 0 bridgehead atoms. The van der Waals surface area contributed by atoms with Crippen LogP contribution in [0, 0.1) is 10.5 Å². The molecule has 0 aliphatic heterocycles. The van der Waals surface area contributed by atoms with Gasteiger partial charge in [-0.15, -0.1) is 0 Å². The molecule has 5 heteroatoms. The highest BCUT2D eigenvalue weighted by Crippen LogP contribution is 2.08. The normalized spacial score (nSPS) is 8.20. The molecule has 0 aliphatic rings. The molecule has 1 rings (SSSR count). The van der Waals surface area contributed by atoms with Crippen molar-refractivity contribution in [1.82, 2.24) is 4.98 Å². The molecular formula is C5H7FN2OS. The molecule has 3 nitrogen and oxygen atoms in total. The highest BCUT2D eigenvalue weighted by atomic mass is 32.1. The molecule has 1 heterocycles. The van der Waals surface area contributed by atoms with Gasteiger partial charge in [0.25, 0.3) is 0 Å². The summed E-state index contributed by atoms with van der Waals surface area (Å²) in [7, 11) is 0. The average Bonchev–Trinajstić information content (AvgIpc) is 2.40. The first-order valence-electron chi connectivity index (χ1n) is 2.39. The van der Waals surface area contributed by atoms with E-state index in [1.165, 1.54) is 0 Å². The lowest BCUT2D eigenvalue weighted by molar-refractivity contribution is 0.281. The minimum Gasteiger partial charge on any atom is -0.389 e. The van der Waals surface area contributed by atoms with Crippen LogP contribution in [0.2, 0.25) is 0 Å². The predicted molar refractivity (Wildman–Crippen MR) is 37.8 cm³/mol. The summed E-state index contributed by atoms with van der Waals surface area (Å²) in [4.78, 5) is 3.53. The summed E-state index contributed by atoms with van der Waals surface area (Å²) >= 11 is 0.860. The Labute approximate surface area is 61.7 Å². The quantitative estimate of drug-likeness (QED) is 0.606. The minimum atomic E-state index is -0.353. The van der Waals surface area contributed by atoms with E-state index in [0.717, 1.165) is 17.5 Å². The van der Waals surface area contributed by atoms with Gasteiger partial charge in [0.1, 0.15) is 5.01 Å². The van der Waals surface area contributed by atoms with Crippen molar-refractivity contribution in [2.45, 2.75) is 6.61 Å². The van der Waals surface area contributed by atoms with Crippen molar-refractivity contribution in [3.63, 3.8) is 0 Å². The summed E-state index contributed by atoms with van der Waals surface area (Å²) < 4.78 is 12.0. The van der Waals surface area contributed by atoms with Crippen molar-refractivity contribution in [3.8, 4) is 0 Å². The maximum Gasteiger partial charge on any atom is 0.196 e. The Kier molecular flexibility index (Phi) is 4.61. The SMILES string of the molecule is C=N.OCc1ncc(F)s1. The first-order chi connectivity index (χ1) is 4.83. The number of nitrogens with one attached hydrogen (secondary N) is 1. The maximum atomic E-state index is 12.0. The van der Waals surface area contributed by atoms with Gasteiger partial charge in [-0.1, -0.05) is 11.3 Å². The van der Waals surface area contributed by atoms with Crippen LogP contribution in [0.15, 0.2) is 6.20 Å². The minimum absolute atomic E-state index is 0.172. The van der Waals surface area contributed by atoms with Gasteiger partial charge < -0.3 is 10.5 Å². The van der Waals surface area contributed by atoms with Crippen molar-refractivity contribution >= 4 is 18.1 Å². The first kappa shape index (κ1) is 9.19. The molecule has 56 valence electrons. The molecule has 0 radical (unpaired) electrons. The lowest BCUT2D eigenvalue weighted by atomic mass is 10.8. The number of rotatable bonds is 1. The zero-order valence-electron chi connectivity index (χ0n) is 5.17. The number of thiazole rings is 1. The second-order valence-electron chi connectivity index (χ2n) is 1.22. The summed E-state index contributed by atoms with van der Waals surface area (Å²) in [5.41, 5.74) is 0. The molecule has 1 aromatic heterocycles. The third kappa shape index (κ3) is 2.65. The Hall–Kier alpha value is -0.810. The molecule has 0 aliphatic carbocycles.